The number of terminal acetylenes is 1. The van der Waals surface area contributed by atoms with Crippen molar-refractivity contribution in [1.82, 2.24) is 0 Å². The van der Waals surface area contributed by atoms with Crippen molar-refractivity contribution >= 4 is 27.7 Å². The van der Waals surface area contributed by atoms with Crippen molar-refractivity contribution in [2.45, 2.75) is 0 Å². The summed E-state index contributed by atoms with van der Waals surface area (Å²) in [7, 11) is 1.32. The minimum Gasteiger partial charge on any atom is -0.452 e. The van der Waals surface area contributed by atoms with Gasteiger partial charge in [-0.3, -0.25) is 4.90 Å². The quantitative estimate of drug-likeness (QED) is 0.772. The molecule has 0 unspecified atom stereocenters. The van der Waals surface area contributed by atoms with Crippen LogP contribution in [-0.4, -0.2) is 19.7 Å². The Morgan fingerprint density at radius 2 is 2.27 bits per heavy atom. The molecule has 0 aliphatic carbocycles. The summed E-state index contributed by atoms with van der Waals surface area (Å²) in [6.45, 7) is 0.176. The van der Waals surface area contributed by atoms with E-state index in [9.17, 15) is 4.79 Å². The predicted molar refractivity (Wildman–Crippen MR) is 62.7 cm³/mol. The summed E-state index contributed by atoms with van der Waals surface area (Å²) in [6.07, 6.45) is 4.72. The number of ether oxygens (including phenoxy) is 1. The standard InChI is InChI=1S/C11H10BrNO2/c1-3-8-13(11(14)15-2)10-7-5-4-6-9(10)12/h1,4-7H,8H2,2H3. The average molecular weight is 268 g/mol. The van der Waals surface area contributed by atoms with Crippen LogP contribution in [-0.2, 0) is 4.74 Å². The summed E-state index contributed by atoms with van der Waals surface area (Å²) in [5.41, 5.74) is 0.697. The number of carbonyl (C=O) groups is 1. The van der Waals surface area contributed by atoms with Crippen molar-refractivity contribution in [2.75, 3.05) is 18.6 Å². The highest BCUT2D eigenvalue weighted by Crippen LogP contribution is 2.25. The molecule has 0 aliphatic rings. The molecule has 0 aliphatic heterocycles. The smallest absolute Gasteiger partial charge is 0.414 e. The first-order valence-electron chi connectivity index (χ1n) is 4.24. The summed E-state index contributed by atoms with van der Waals surface area (Å²) in [5.74, 6) is 2.41. The number of hydrogen-bond acceptors (Lipinski definition) is 2. The van der Waals surface area contributed by atoms with Crippen molar-refractivity contribution in [3.8, 4) is 12.3 Å². The van der Waals surface area contributed by atoms with E-state index in [1.165, 1.54) is 12.0 Å². The van der Waals surface area contributed by atoms with Crippen molar-refractivity contribution in [3.05, 3.63) is 28.7 Å². The van der Waals surface area contributed by atoms with Crippen molar-refractivity contribution in [3.63, 3.8) is 0 Å². The van der Waals surface area contributed by atoms with E-state index in [0.29, 0.717) is 5.69 Å². The molecule has 78 valence electrons. The zero-order chi connectivity index (χ0) is 11.3. The predicted octanol–water partition coefficient (Wildman–Crippen LogP) is 2.66. The van der Waals surface area contributed by atoms with Gasteiger partial charge in [-0.1, -0.05) is 18.1 Å². The molecule has 0 spiro atoms. The second kappa shape index (κ2) is 5.42. The molecule has 4 heteroatoms. The molecule has 0 atom stereocenters. The zero-order valence-corrected chi connectivity index (χ0v) is 9.82. The van der Waals surface area contributed by atoms with Gasteiger partial charge in [0.2, 0.25) is 0 Å². The number of benzene rings is 1. The number of halogens is 1. The third kappa shape index (κ3) is 2.74. The van der Waals surface area contributed by atoms with Gasteiger partial charge < -0.3 is 4.74 Å². The number of rotatable bonds is 2. The minimum atomic E-state index is -0.472. The van der Waals surface area contributed by atoms with Gasteiger partial charge in [-0.15, -0.1) is 6.42 Å². The van der Waals surface area contributed by atoms with Crippen LogP contribution in [0.25, 0.3) is 0 Å². The summed E-state index contributed by atoms with van der Waals surface area (Å²) < 4.78 is 5.44. The highest BCUT2D eigenvalue weighted by atomic mass is 79.9. The van der Waals surface area contributed by atoms with Crippen LogP contribution in [0, 0.1) is 12.3 Å². The van der Waals surface area contributed by atoms with E-state index in [1.54, 1.807) is 6.07 Å². The van der Waals surface area contributed by atoms with Gasteiger partial charge in [0.1, 0.15) is 0 Å². The first-order chi connectivity index (χ1) is 7.20. The SMILES string of the molecule is C#CCN(C(=O)OC)c1ccccc1Br. The van der Waals surface area contributed by atoms with Gasteiger partial charge in [-0.05, 0) is 28.1 Å². The molecule has 0 saturated heterocycles. The van der Waals surface area contributed by atoms with E-state index in [4.69, 9.17) is 6.42 Å². The van der Waals surface area contributed by atoms with Crippen LogP contribution >= 0.6 is 15.9 Å². The number of para-hydroxylation sites is 1. The number of hydrogen-bond donors (Lipinski definition) is 0. The molecule has 1 rings (SSSR count). The molecule has 15 heavy (non-hydrogen) atoms. The lowest BCUT2D eigenvalue weighted by molar-refractivity contribution is 0.179. The molecule has 0 saturated carbocycles. The number of anilines is 1. The Morgan fingerprint density at radius 3 is 2.80 bits per heavy atom. The summed E-state index contributed by atoms with van der Waals surface area (Å²) in [5, 5.41) is 0. The Hall–Kier alpha value is -1.47. The third-order valence-corrected chi connectivity index (χ3v) is 2.46. The van der Waals surface area contributed by atoms with Gasteiger partial charge >= 0.3 is 6.09 Å². The number of carbonyl (C=O) groups excluding carboxylic acids is 1. The Labute approximate surface area is 97.2 Å². The Balaban J connectivity index is 3.05. The highest BCUT2D eigenvalue weighted by molar-refractivity contribution is 9.10. The van der Waals surface area contributed by atoms with E-state index in [2.05, 4.69) is 26.6 Å². The van der Waals surface area contributed by atoms with Crippen LogP contribution in [0.15, 0.2) is 28.7 Å². The van der Waals surface area contributed by atoms with E-state index in [1.807, 2.05) is 18.2 Å². The molecule has 3 nitrogen and oxygen atoms in total. The van der Waals surface area contributed by atoms with Crippen LogP contribution < -0.4 is 4.90 Å². The topological polar surface area (TPSA) is 29.5 Å². The third-order valence-electron chi connectivity index (χ3n) is 1.79. The number of nitrogens with zero attached hydrogens (tertiary/aromatic N) is 1. The van der Waals surface area contributed by atoms with Gasteiger partial charge in [0.15, 0.2) is 0 Å². The maximum absolute atomic E-state index is 11.4. The van der Waals surface area contributed by atoms with E-state index in [-0.39, 0.29) is 6.54 Å². The van der Waals surface area contributed by atoms with Gasteiger partial charge in [0.05, 0.1) is 19.3 Å². The fraction of sp³-hybridized carbons (Fsp3) is 0.182. The zero-order valence-electron chi connectivity index (χ0n) is 8.24. The lowest BCUT2D eigenvalue weighted by Gasteiger charge is -2.19. The fourth-order valence-corrected chi connectivity index (χ4v) is 1.62. The lowest BCUT2D eigenvalue weighted by Crippen LogP contribution is -2.31. The molecular formula is C11H10BrNO2. The van der Waals surface area contributed by atoms with E-state index >= 15 is 0 Å². The van der Waals surface area contributed by atoms with Gasteiger partial charge in [0, 0.05) is 4.47 Å². The summed E-state index contributed by atoms with van der Waals surface area (Å²) in [4.78, 5) is 12.8. The highest BCUT2D eigenvalue weighted by Gasteiger charge is 2.16. The molecule has 0 radical (unpaired) electrons. The second-order valence-corrected chi connectivity index (χ2v) is 3.57. The number of methoxy groups -OCH3 is 1. The van der Waals surface area contributed by atoms with Crippen molar-refractivity contribution in [2.24, 2.45) is 0 Å². The fourth-order valence-electron chi connectivity index (χ4n) is 1.12. The molecule has 1 amide bonds. The maximum Gasteiger partial charge on any atom is 0.414 e. The molecular weight excluding hydrogens is 258 g/mol. The molecule has 0 heterocycles. The Kier molecular flexibility index (Phi) is 4.19. The monoisotopic (exact) mass is 267 g/mol. The average Bonchev–Trinajstić information content (AvgIpc) is 2.26. The number of amides is 1. The van der Waals surface area contributed by atoms with Crippen molar-refractivity contribution in [1.29, 1.82) is 0 Å². The lowest BCUT2D eigenvalue weighted by atomic mass is 10.3. The first kappa shape index (κ1) is 11.6. The molecule has 1 aromatic carbocycles. The first-order valence-corrected chi connectivity index (χ1v) is 5.03. The minimum absolute atomic E-state index is 0.176. The van der Waals surface area contributed by atoms with Crippen LogP contribution in [0.5, 0.6) is 0 Å². The van der Waals surface area contributed by atoms with Crippen LogP contribution in [0.3, 0.4) is 0 Å². The maximum atomic E-state index is 11.4. The van der Waals surface area contributed by atoms with Gasteiger partial charge in [0.25, 0.3) is 0 Å². The van der Waals surface area contributed by atoms with Gasteiger partial charge in [-0.2, -0.15) is 0 Å². The molecule has 0 bridgehead atoms. The Bertz CT molecular complexity index is 398. The normalized spacial score (nSPS) is 9.13. The van der Waals surface area contributed by atoms with Crippen LogP contribution in [0.2, 0.25) is 0 Å². The van der Waals surface area contributed by atoms with E-state index in [0.717, 1.165) is 4.47 Å². The van der Waals surface area contributed by atoms with Crippen molar-refractivity contribution < 1.29 is 9.53 Å². The Morgan fingerprint density at radius 1 is 1.60 bits per heavy atom. The van der Waals surface area contributed by atoms with Crippen LogP contribution in [0.4, 0.5) is 10.5 Å². The second-order valence-electron chi connectivity index (χ2n) is 2.71. The summed E-state index contributed by atoms with van der Waals surface area (Å²) >= 11 is 3.35. The van der Waals surface area contributed by atoms with Gasteiger partial charge in [-0.25, -0.2) is 4.79 Å². The molecule has 0 aromatic heterocycles. The largest absolute Gasteiger partial charge is 0.452 e. The molecule has 0 fully saturated rings. The van der Waals surface area contributed by atoms with Crippen LogP contribution in [0.1, 0.15) is 0 Å². The summed E-state index contributed by atoms with van der Waals surface area (Å²) in [6, 6.07) is 7.31. The molecule has 0 N–H and O–H groups in total. The van der Waals surface area contributed by atoms with E-state index < -0.39 is 6.09 Å². The molecule has 1 aromatic rings.